The molecule has 5 heteroatoms. The van der Waals surface area contributed by atoms with Gasteiger partial charge in [-0.1, -0.05) is 30.3 Å². The molecule has 2 heterocycles. The van der Waals surface area contributed by atoms with Crippen molar-refractivity contribution in [2.75, 3.05) is 6.54 Å². The third kappa shape index (κ3) is 4.10. The van der Waals surface area contributed by atoms with Gasteiger partial charge in [0.1, 0.15) is 0 Å². The van der Waals surface area contributed by atoms with Crippen molar-refractivity contribution in [3.05, 3.63) is 69.1 Å². The second-order valence-electron chi connectivity index (χ2n) is 6.78. The van der Waals surface area contributed by atoms with Crippen molar-refractivity contribution in [1.82, 2.24) is 15.2 Å². The SMILES string of the molecule is Cc1cc(C)c(CNC(=O)N2CCC[C@@H]2Cc2ccccc2)c(=O)[nH]1. The molecule has 0 radical (unpaired) electrons. The summed E-state index contributed by atoms with van der Waals surface area (Å²) in [4.78, 5) is 29.4. The normalized spacial score (nSPS) is 16.9. The van der Waals surface area contributed by atoms with E-state index in [9.17, 15) is 9.59 Å². The number of amides is 2. The molecule has 0 bridgehead atoms. The number of urea groups is 1. The molecule has 3 rings (SSSR count). The number of likely N-dealkylation sites (tertiary alicyclic amines) is 1. The average molecular weight is 339 g/mol. The van der Waals surface area contributed by atoms with E-state index in [2.05, 4.69) is 22.4 Å². The van der Waals surface area contributed by atoms with Gasteiger partial charge in [0.2, 0.25) is 0 Å². The zero-order valence-electron chi connectivity index (χ0n) is 14.8. The van der Waals surface area contributed by atoms with Gasteiger partial charge in [-0.2, -0.15) is 0 Å². The number of hydrogen-bond acceptors (Lipinski definition) is 2. The first-order valence-corrected chi connectivity index (χ1v) is 8.82. The number of hydrogen-bond donors (Lipinski definition) is 2. The Morgan fingerprint density at radius 3 is 2.76 bits per heavy atom. The molecule has 1 atom stereocenters. The van der Waals surface area contributed by atoms with Crippen molar-refractivity contribution in [3.8, 4) is 0 Å². The zero-order chi connectivity index (χ0) is 17.8. The molecule has 1 saturated heterocycles. The van der Waals surface area contributed by atoms with Gasteiger partial charge in [-0.15, -0.1) is 0 Å². The summed E-state index contributed by atoms with van der Waals surface area (Å²) in [6, 6.07) is 12.3. The smallest absolute Gasteiger partial charge is 0.317 e. The average Bonchev–Trinajstić information content (AvgIpc) is 3.03. The summed E-state index contributed by atoms with van der Waals surface area (Å²) in [5, 5.41) is 2.92. The van der Waals surface area contributed by atoms with E-state index in [1.165, 1.54) is 5.56 Å². The van der Waals surface area contributed by atoms with Gasteiger partial charge in [0, 0.05) is 23.8 Å². The Morgan fingerprint density at radius 1 is 1.28 bits per heavy atom. The van der Waals surface area contributed by atoms with Crippen LogP contribution in [-0.4, -0.2) is 28.5 Å². The Kier molecular flexibility index (Phi) is 5.22. The number of aromatic amines is 1. The van der Waals surface area contributed by atoms with Crippen LogP contribution in [0, 0.1) is 13.8 Å². The van der Waals surface area contributed by atoms with Gasteiger partial charge in [0.25, 0.3) is 5.56 Å². The fourth-order valence-corrected chi connectivity index (χ4v) is 3.57. The highest BCUT2D eigenvalue weighted by molar-refractivity contribution is 5.75. The Bertz CT molecular complexity index is 798. The number of rotatable bonds is 4. The van der Waals surface area contributed by atoms with Gasteiger partial charge in [-0.3, -0.25) is 4.79 Å². The number of benzene rings is 1. The lowest BCUT2D eigenvalue weighted by Crippen LogP contribution is -2.44. The first kappa shape index (κ1) is 17.3. The molecule has 1 aliphatic rings. The third-order valence-electron chi connectivity index (χ3n) is 4.86. The van der Waals surface area contributed by atoms with Crippen LogP contribution in [0.4, 0.5) is 4.79 Å². The van der Waals surface area contributed by atoms with Crippen LogP contribution in [0.3, 0.4) is 0 Å². The molecule has 0 spiro atoms. The van der Waals surface area contributed by atoms with Crippen molar-refractivity contribution in [1.29, 1.82) is 0 Å². The van der Waals surface area contributed by atoms with Crippen LogP contribution in [0.5, 0.6) is 0 Å². The zero-order valence-corrected chi connectivity index (χ0v) is 14.8. The van der Waals surface area contributed by atoms with E-state index in [-0.39, 0.29) is 24.2 Å². The molecule has 2 aromatic rings. The first-order valence-electron chi connectivity index (χ1n) is 8.82. The van der Waals surface area contributed by atoms with Crippen LogP contribution in [0.15, 0.2) is 41.2 Å². The highest BCUT2D eigenvalue weighted by Crippen LogP contribution is 2.21. The molecule has 1 aliphatic heterocycles. The maximum Gasteiger partial charge on any atom is 0.317 e. The maximum absolute atomic E-state index is 12.6. The standard InChI is InChI=1S/C20H25N3O2/c1-14-11-15(2)22-19(24)18(14)13-21-20(25)23-10-6-9-17(23)12-16-7-4-3-5-8-16/h3-5,7-8,11,17H,6,9-10,12-13H2,1-2H3,(H,21,25)(H,22,24)/t17-/m1/s1. The Hall–Kier alpha value is -2.56. The molecule has 0 aliphatic carbocycles. The summed E-state index contributed by atoms with van der Waals surface area (Å²) < 4.78 is 0. The lowest BCUT2D eigenvalue weighted by molar-refractivity contribution is 0.192. The molecule has 1 aromatic heterocycles. The summed E-state index contributed by atoms with van der Waals surface area (Å²) >= 11 is 0. The lowest BCUT2D eigenvalue weighted by atomic mass is 10.0. The number of nitrogens with one attached hydrogen (secondary N) is 2. The summed E-state index contributed by atoms with van der Waals surface area (Å²) in [6.07, 6.45) is 2.92. The van der Waals surface area contributed by atoms with E-state index in [1.807, 2.05) is 43.0 Å². The predicted molar refractivity (Wildman–Crippen MR) is 98.6 cm³/mol. The summed E-state index contributed by atoms with van der Waals surface area (Å²) in [5.74, 6) is 0. The molecule has 1 aromatic carbocycles. The summed E-state index contributed by atoms with van der Waals surface area (Å²) in [6.45, 7) is 4.79. The van der Waals surface area contributed by atoms with Gasteiger partial charge in [0.05, 0.1) is 6.54 Å². The van der Waals surface area contributed by atoms with Gasteiger partial charge < -0.3 is 15.2 Å². The minimum Gasteiger partial charge on any atom is -0.334 e. The van der Waals surface area contributed by atoms with E-state index >= 15 is 0 Å². The Balaban J connectivity index is 1.63. The fraction of sp³-hybridized carbons (Fsp3) is 0.400. The maximum atomic E-state index is 12.6. The second kappa shape index (κ2) is 7.55. The van der Waals surface area contributed by atoms with E-state index in [0.29, 0.717) is 5.56 Å². The monoisotopic (exact) mass is 339 g/mol. The van der Waals surface area contributed by atoms with Crippen LogP contribution in [-0.2, 0) is 13.0 Å². The topological polar surface area (TPSA) is 65.2 Å². The van der Waals surface area contributed by atoms with Crippen molar-refractivity contribution in [2.24, 2.45) is 0 Å². The molecule has 0 unspecified atom stereocenters. The van der Waals surface area contributed by atoms with Crippen LogP contribution in [0.25, 0.3) is 0 Å². The Morgan fingerprint density at radius 2 is 2.04 bits per heavy atom. The van der Waals surface area contributed by atoms with Gasteiger partial charge in [-0.25, -0.2) is 4.79 Å². The van der Waals surface area contributed by atoms with Crippen LogP contribution in [0.1, 0.15) is 35.2 Å². The van der Waals surface area contributed by atoms with Crippen molar-refractivity contribution in [3.63, 3.8) is 0 Å². The quantitative estimate of drug-likeness (QED) is 0.899. The van der Waals surface area contributed by atoms with Gasteiger partial charge in [-0.05, 0) is 50.3 Å². The number of nitrogens with zero attached hydrogens (tertiary/aromatic N) is 1. The molecular weight excluding hydrogens is 314 g/mol. The highest BCUT2D eigenvalue weighted by Gasteiger charge is 2.28. The summed E-state index contributed by atoms with van der Waals surface area (Å²) in [7, 11) is 0. The first-order chi connectivity index (χ1) is 12.0. The molecule has 2 amide bonds. The predicted octanol–water partition coefficient (Wildman–Crippen LogP) is 2.91. The number of aromatic nitrogens is 1. The van der Waals surface area contributed by atoms with Crippen LogP contribution in [0.2, 0.25) is 0 Å². The highest BCUT2D eigenvalue weighted by atomic mass is 16.2. The molecule has 25 heavy (non-hydrogen) atoms. The van der Waals surface area contributed by atoms with Crippen molar-refractivity contribution >= 4 is 6.03 Å². The van der Waals surface area contributed by atoms with Crippen molar-refractivity contribution in [2.45, 2.75) is 45.7 Å². The van der Waals surface area contributed by atoms with E-state index in [1.54, 1.807) is 0 Å². The molecular formula is C20H25N3O2. The summed E-state index contributed by atoms with van der Waals surface area (Å²) in [5.41, 5.74) is 3.49. The van der Waals surface area contributed by atoms with Crippen LogP contribution < -0.4 is 10.9 Å². The number of aryl methyl sites for hydroxylation is 2. The Labute approximate surface area is 148 Å². The number of H-pyrrole nitrogens is 1. The number of carbonyl (C=O) groups excluding carboxylic acids is 1. The minimum atomic E-state index is -0.125. The molecule has 5 nitrogen and oxygen atoms in total. The largest absolute Gasteiger partial charge is 0.334 e. The van der Waals surface area contributed by atoms with Gasteiger partial charge >= 0.3 is 6.03 Å². The molecule has 132 valence electrons. The van der Waals surface area contributed by atoms with Crippen LogP contribution >= 0.6 is 0 Å². The van der Waals surface area contributed by atoms with E-state index < -0.39 is 0 Å². The molecule has 0 saturated carbocycles. The minimum absolute atomic E-state index is 0.0854. The number of pyridine rings is 1. The van der Waals surface area contributed by atoms with E-state index in [4.69, 9.17) is 0 Å². The van der Waals surface area contributed by atoms with E-state index in [0.717, 1.165) is 37.1 Å². The second-order valence-corrected chi connectivity index (χ2v) is 6.78. The van der Waals surface area contributed by atoms with Gasteiger partial charge in [0.15, 0.2) is 0 Å². The number of carbonyl (C=O) groups is 1. The molecule has 1 fully saturated rings. The lowest BCUT2D eigenvalue weighted by Gasteiger charge is -2.25. The third-order valence-corrected chi connectivity index (χ3v) is 4.86. The van der Waals surface area contributed by atoms with Crippen molar-refractivity contribution < 1.29 is 4.79 Å². The molecule has 2 N–H and O–H groups in total. The fourth-order valence-electron chi connectivity index (χ4n) is 3.57.